The van der Waals surface area contributed by atoms with Crippen LogP contribution in [-0.4, -0.2) is 5.78 Å². The summed E-state index contributed by atoms with van der Waals surface area (Å²) in [7, 11) is 0. The van der Waals surface area contributed by atoms with Crippen LogP contribution in [0.2, 0.25) is 0 Å². The molecule has 0 atom stereocenters. The highest BCUT2D eigenvalue weighted by Crippen LogP contribution is 2.04. The number of ketones is 1. The second kappa shape index (κ2) is 4.36. The molecule has 0 aliphatic heterocycles. The summed E-state index contributed by atoms with van der Waals surface area (Å²) in [6.07, 6.45) is 4.23. The van der Waals surface area contributed by atoms with E-state index in [0.717, 1.165) is 5.56 Å². The molecule has 0 amide bonds. The largest absolute Gasteiger partial charge is 0.290 e. The van der Waals surface area contributed by atoms with Gasteiger partial charge in [-0.2, -0.15) is 0 Å². The van der Waals surface area contributed by atoms with Crippen molar-refractivity contribution in [2.75, 3.05) is 0 Å². The van der Waals surface area contributed by atoms with E-state index in [4.69, 9.17) is 0 Å². The smallest absolute Gasteiger partial charge is 0.178 e. The van der Waals surface area contributed by atoms with E-state index in [1.807, 2.05) is 0 Å². The van der Waals surface area contributed by atoms with Crippen molar-refractivity contribution in [3.63, 3.8) is 0 Å². The predicted molar refractivity (Wildman–Crippen MR) is 50.6 cm³/mol. The molecule has 1 rings (SSSR count). The summed E-state index contributed by atoms with van der Waals surface area (Å²) in [5.74, 6) is -0.448. The summed E-state index contributed by atoms with van der Waals surface area (Å²) in [6.45, 7) is 3.33. The fourth-order valence-corrected chi connectivity index (χ4v) is 0.820. The van der Waals surface area contributed by atoms with Crippen LogP contribution in [0, 0.1) is 5.82 Å². The molecule has 1 aromatic carbocycles. The summed E-state index contributed by atoms with van der Waals surface area (Å²) in [4.78, 5) is 10.8. The highest BCUT2D eigenvalue weighted by atomic mass is 19.1. The lowest BCUT2D eigenvalue weighted by atomic mass is 10.2. The van der Waals surface area contributed by atoms with Crippen molar-refractivity contribution in [1.82, 2.24) is 0 Å². The molecule has 0 aliphatic carbocycles. The van der Waals surface area contributed by atoms with Gasteiger partial charge in [-0.25, -0.2) is 4.39 Å². The van der Waals surface area contributed by atoms with Crippen LogP contribution in [0.5, 0.6) is 0 Å². The van der Waals surface area contributed by atoms with Gasteiger partial charge in [0.1, 0.15) is 5.82 Å². The van der Waals surface area contributed by atoms with Crippen LogP contribution in [-0.2, 0) is 4.79 Å². The number of halogens is 1. The number of hydrogen-bond donors (Lipinski definition) is 0. The third-order valence-electron chi connectivity index (χ3n) is 1.51. The minimum atomic E-state index is -0.285. The Kier molecular flexibility index (Phi) is 3.15. The molecule has 0 N–H and O–H groups in total. The molecule has 2 heteroatoms. The quantitative estimate of drug-likeness (QED) is 0.647. The van der Waals surface area contributed by atoms with Gasteiger partial charge >= 0.3 is 0 Å². The van der Waals surface area contributed by atoms with E-state index >= 15 is 0 Å². The molecule has 0 unspecified atom stereocenters. The summed E-state index contributed by atoms with van der Waals surface area (Å²) in [5.41, 5.74) is 0.789. The normalized spacial score (nSPS) is 10.2. The van der Waals surface area contributed by atoms with Gasteiger partial charge in [0.15, 0.2) is 5.78 Å². The highest BCUT2D eigenvalue weighted by molar-refractivity contribution is 6.01. The van der Waals surface area contributed by atoms with Crippen LogP contribution in [0.1, 0.15) is 5.56 Å². The third-order valence-corrected chi connectivity index (χ3v) is 1.51. The number of carbonyl (C=O) groups excluding carboxylic acids is 1. The zero-order valence-corrected chi connectivity index (χ0v) is 7.03. The van der Waals surface area contributed by atoms with E-state index in [1.165, 1.54) is 24.3 Å². The Morgan fingerprint density at radius 2 is 1.92 bits per heavy atom. The topological polar surface area (TPSA) is 17.1 Å². The van der Waals surface area contributed by atoms with Crippen LogP contribution < -0.4 is 0 Å². The van der Waals surface area contributed by atoms with Gasteiger partial charge in [-0.05, 0) is 29.8 Å². The number of benzene rings is 1. The van der Waals surface area contributed by atoms with Gasteiger partial charge in [0.05, 0.1) is 0 Å². The van der Waals surface area contributed by atoms with Crippen LogP contribution in [0.4, 0.5) is 4.39 Å². The molecule has 1 aromatic rings. The number of rotatable bonds is 3. The first-order chi connectivity index (χ1) is 6.22. The number of hydrogen-bond acceptors (Lipinski definition) is 1. The minimum absolute atomic E-state index is 0.163. The van der Waals surface area contributed by atoms with Crippen molar-refractivity contribution in [2.24, 2.45) is 0 Å². The Balaban J connectivity index is 2.74. The maximum absolute atomic E-state index is 12.4. The monoisotopic (exact) mass is 176 g/mol. The molecule has 0 heterocycles. The molecule has 0 aromatic heterocycles. The van der Waals surface area contributed by atoms with E-state index in [9.17, 15) is 9.18 Å². The van der Waals surface area contributed by atoms with Crippen molar-refractivity contribution in [3.05, 3.63) is 54.4 Å². The van der Waals surface area contributed by atoms with E-state index in [2.05, 4.69) is 6.58 Å². The lowest BCUT2D eigenvalue weighted by molar-refractivity contribution is -0.110. The Morgan fingerprint density at radius 3 is 2.46 bits per heavy atom. The van der Waals surface area contributed by atoms with Gasteiger partial charge in [0, 0.05) is 0 Å². The highest BCUT2D eigenvalue weighted by Gasteiger charge is 1.90. The van der Waals surface area contributed by atoms with Gasteiger partial charge < -0.3 is 0 Å². The van der Waals surface area contributed by atoms with Gasteiger partial charge in [-0.3, -0.25) is 4.79 Å². The average molecular weight is 176 g/mol. The molecular weight excluding hydrogens is 167 g/mol. The molecule has 0 aliphatic rings. The van der Waals surface area contributed by atoms with Crippen molar-refractivity contribution in [2.45, 2.75) is 0 Å². The molecule has 0 radical (unpaired) electrons. The third kappa shape index (κ3) is 3.03. The molecule has 66 valence electrons. The van der Waals surface area contributed by atoms with Crippen LogP contribution in [0.3, 0.4) is 0 Å². The van der Waals surface area contributed by atoms with Crippen molar-refractivity contribution in [1.29, 1.82) is 0 Å². The summed E-state index contributed by atoms with van der Waals surface area (Å²) in [5, 5.41) is 0. The van der Waals surface area contributed by atoms with E-state index < -0.39 is 0 Å². The maximum Gasteiger partial charge on any atom is 0.178 e. The van der Waals surface area contributed by atoms with Gasteiger partial charge in [0.2, 0.25) is 0 Å². The Hall–Kier alpha value is -1.70. The summed E-state index contributed by atoms with van der Waals surface area (Å²) in [6, 6.07) is 5.89. The SMILES string of the molecule is C=CC(=O)/C=C/c1ccc(F)cc1. The zero-order chi connectivity index (χ0) is 9.68. The van der Waals surface area contributed by atoms with Gasteiger partial charge in [-0.15, -0.1) is 0 Å². The fourth-order valence-electron chi connectivity index (χ4n) is 0.820. The van der Waals surface area contributed by atoms with E-state index in [0.29, 0.717) is 0 Å². The van der Waals surface area contributed by atoms with Crippen LogP contribution in [0.15, 0.2) is 43.0 Å². The lowest BCUT2D eigenvalue weighted by Gasteiger charge is -1.91. The first-order valence-electron chi connectivity index (χ1n) is 3.82. The second-order valence-electron chi connectivity index (χ2n) is 2.49. The first kappa shape index (κ1) is 9.39. The molecule has 13 heavy (non-hydrogen) atoms. The lowest BCUT2D eigenvalue weighted by Crippen LogP contribution is -1.82. The molecule has 0 fully saturated rings. The standard InChI is InChI=1S/C11H9FO/c1-2-11(13)8-5-9-3-6-10(12)7-4-9/h2-8H,1H2/b8-5+. The van der Waals surface area contributed by atoms with Crippen molar-refractivity contribution in [3.8, 4) is 0 Å². The summed E-state index contributed by atoms with van der Waals surface area (Å²) < 4.78 is 12.4. The maximum atomic E-state index is 12.4. The predicted octanol–water partition coefficient (Wildman–Crippen LogP) is 2.59. The molecule has 0 bridgehead atoms. The molecule has 0 saturated carbocycles. The molecular formula is C11H9FO. The van der Waals surface area contributed by atoms with Crippen LogP contribution >= 0.6 is 0 Å². The molecule has 1 nitrogen and oxygen atoms in total. The Morgan fingerprint density at radius 1 is 1.31 bits per heavy atom. The van der Waals surface area contributed by atoms with Crippen molar-refractivity contribution < 1.29 is 9.18 Å². The van der Waals surface area contributed by atoms with Crippen LogP contribution in [0.25, 0.3) is 6.08 Å². The van der Waals surface area contributed by atoms with Gasteiger partial charge in [0.25, 0.3) is 0 Å². The van der Waals surface area contributed by atoms with Gasteiger partial charge in [-0.1, -0.05) is 24.8 Å². The van der Waals surface area contributed by atoms with E-state index in [1.54, 1.807) is 18.2 Å². The number of allylic oxidation sites excluding steroid dienone is 2. The zero-order valence-electron chi connectivity index (χ0n) is 7.03. The van der Waals surface area contributed by atoms with Crippen molar-refractivity contribution >= 4 is 11.9 Å². The molecule has 0 spiro atoms. The van der Waals surface area contributed by atoms with E-state index in [-0.39, 0.29) is 11.6 Å². The Labute approximate surface area is 76.2 Å². The molecule has 0 saturated heterocycles. The minimum Gasteiger partial charge on any atom is -0.290 e. The first-order valence-corrected chi connectivity index (χ1v) is 3.82. The summed E-state index contributed by atoms with van der Waals surface area (Å²) >= 11 is 0. The number of carbonyl (C=O) groups is 1. The second-order valence-corrected chi connectivity index (χ2v) is 2.49. The average Bonchev–Trinajstić information content (AvgIpc) is 2.16. The fraction of sp³-hybridized carbons (Fsp3) is 0. The Bertz CT molecular complexity index is 336.